The molecule has 0 heterocycles. The van der Waals surface area contributed by atoms with E-state index < -0.39 is 0 Å². The highest BCUT2D eigenvalue weighted by atomic mass is 16.5. The number of ether oxygens (including phenoxy) is 1. The third-order valence-electron chi connectivity index (χ3n) is 4.30. The zero-order valence-corrected chi connectivity index (χ0v) is 13.3. The van der Waals surface area contributed by atoms with Crippen molar-refractivity contribution >= 4 is 11.6 Å². The second-order valence-corrected chi connectivity index (χ2v) is 5.85. The lowest BCUT2D eigenvalue weighted by atomic mass is 9.94. The van der Waals surface area contributed by atoms with Crippen LogP contribution in [0.15, 0.2) is 18.2 Å². The summed E-state index contributed by atoms with van der Waals surface area (Å²) in [5, 5.41) is 3.21. The predicted octanol–water partition coefficient (Wildman–Crippen LogP) is 3.21. The first-order valence-corrected chi connectivity index (χ1v) is 7.76. The average molecular weight is 290 g/mol. The minimum atomic E-state index is 0.144. The number of amides is 1. The summed E-state index contributed by atoms with van der Waals surface area (Å²) in [6.07, 6.45) is 6.05. The van der Waals surface area contributed by atoms with Gasteiger partial charge in [0.1, 0.15) is 5.75 Å². The van der Waals surface area contributed by atoms with Crippen molar-refractivity contribution in [3.8, 4) is 5.75 Å². The van der Waals surface area contributed by atoms with Gasteiger partial charge in [0.2, 0.25) is 5.91 Å². The zero-order valence-electron chi connectivity index (χ0n) is 13.3. The van der Waals surface area contributed by atoms with Crippen LogP contribution in [-0.4, -0.2) is 37.6 Å². The number of anilines is 1. The van der Waals surface area contributed by atoms with E-state index in [4.69, 9.17) is 4.74 Å². The Hall–Kier alpha value is -1.71. The maximum absolute atomic E-state index is 12.3. The maximum Gasteiger partial charge on any atom is 0.241 e. The summed E-state index contributed by atoms with van der Waals surface area (Å²) < 4.78 is 5.32. The molecule has 1 N–H and O–H groups in total. The minimum absolute atomic E-state index is 0.144. The first-order valence-electron chi connectivity index (χ1n) is 7.76. The van der Waals surface area contributed by atoms with Crippen LogP contribution >= 0.6 is 0 Å². The molecule has 21 heavy (non-hydrogen) atoms. The molecule has 0 aromatic heterocycles. The molecule has 1 aromatic carbocycles. The number of nitrogens with zero attached hydrogens (tertiary/aromatic N) is 1. The van der Waals surface area contributed by atoms with Gasteiger partial charge in [-0.25, -0.2) is 0 Å². The molecule has 116 valence electrons. The molecular weight excluding hydrogens is 264 g/mol. The van der Waals surface area contributed by atoms with E-state index in [0.29, 0.717) is 12.6 Å². The fourth-order valence-electron chi connectivity index (χ4n) is 2.93. The fourth-order valence-corrected chi connectivity index (χ4v) is 2.93. The summed E-state index contributed by atoms with van der Waals surface area (Å²) in [5.41, 5.74) is 2.02. The second-order valence-electron chi connectivity index (χ2n) is 5.85. The van der Waals surface area contributed by atoms with E-state index in [1.54, 1.807) is 7.11 Å². The number of nitrogens with one attached hydrogen (secondary N) is 1. The van der Waals surface area contributed by atoms with Gasteiger partial charge in [0, 0.05) is 13.1 Å². The Kier molecular flexibility index (Phi) is 5.48. The summed E-state index contributed by atoms with van der Waals surface area (Å²) in [7, 11) is 3.57. The van der Waals surface area contributed by atoms with Crippen molar-refractivity contribution in [2.75, 3.05) is 26.0 Å². The SMILES string of the molecule is COc1ccc(C)cc1NCC(=O)N(C)C1CCCCC1. The normalized spacial score (nSPS) is 15.6. The molecule has 1 aromatic rings. The van der Waals surface area contributed by atoms with Crippen LogP contribution in [0.1, 0.15) is 37.7 Å². The Morgan fingerprint density at radius 2 is 2.05 bits per heavy atom. The third-order valence-corrected chi connectivity index (χ3v) is 4.30. The number of aryl methyl sites for hydroxylation is 1. The molecule has 1 aliphatic carbocycles. The van der Waals surface area contributed by atoms with E-state index in [2.05, 4.69) is 5.32 Å². The number of carbonyl (C=O) groups excluding carboxylic acids is 1. The van der Waals surface area contributed by atoms with E-state index in [-0.39, 0.29) is 5.91 Å². The highest BCUT2D eigenvalue weighted by molar-refractivity contribution is 5.81. The van der Waals surface area contributed by atoms with Crippen molar-refractivity contribution in [2.24, 2.45) is 0 Å². The summed E-state index contributed by atoms with van der Waals surface area (Å²) >= 11 is 0. The average Bonchev–Trinajstić information content (AvgIpc) is 2.52. The van der Waals surface area contributed by atoms with Crippen molar-refractivity contribution < 1.29 is 9.53 Å². The van der Waals surface area contributed by atoms with Gasteiger partial charge in [0.05, 0.1) is 19.3 Å². The Morgan fingerprint density at radius 3 is 2.71 bits per heavy atom. The minimum Gasteiger partial charge on any atom is -0.495 e. The van der Waals surface area contributed by atoms with E-state index >= 15 is 0 Å². The molecule has 0 saturated heterocycles. The summed E-state index contributed by atoms with van der Waals surface area (Å²) in [6, 6.07) is 6.34. The molecule has 4 heteroatoms. The number of likely N-dealkylation sites (N-methyl/N-ethyl adjacent to an activating group) is 1. The van der Waals surface area contributed by atoms with Gasteiger partial charge in [0.25, 0.3) is 0 Å². The van der Waals surface area contributed by atoms with Gasteiger partial charge in [-0.3, -0.25) is 4.79 Å². The summed E-state index contributed by atoms with van der Waals surface area (Å²) in [6.45, 7) is 2.34. The highest BCUT2D eigenvalue weighted by Crippen LogP contribution is 2.25. The van der Waals surface area contributed by atoms with Crippen molar-refractivity contribution in [2.45, 2.75) is 45.1 Å². The van der Waals surface area contributed by atoms with Crippen molar-refractivity contribution in [3.63, 3.8) is 0 Å². The van der Waals surface area contributed by atoms with Crippen LogP contribution in [-0.2, 0) is 4.79 Å². The second kappa shape index (κ2) is 7.34. The number of hydrogen-bond donors (Lipinski definition) is 1. The molecule has 1 saturated carbocycles. The topological polar surface area (TPSA) is 41.6 Å². The molecule has 0 bridgehead atoms. The fraction of sp³-hybridized carbons (Fsp3) is 0.588. The Balaban J connectivity index is 1.92. The van der Waals surface area contributed by atoms with Gasteiger partial charge in [-0.15, -0.1) is 0 Å². The van der Waals surface area contributed by atoms with Gasteiger partial charge in [0.15, 0.2) is 0 Å². The Bertz CT molecular complexity index is 482. The lowest BCUT2D eigenvalue weighted by molar-refractivity contribution is -0.130. The van der Waals surface area contributed by atoms with E-state index in [1.165, 1.54) is 19.3 Å². The van der Waals surface area contributed by atoms with Gasteiger partial charge >= 0.3 is 0 Å². The van der Waals surface area contributed by atoms with Gasteiger partial charge in [-0.05, 0) is 37.5 Å². The first kappa shape index (κ1) is 15.7. The van der Waals surface area contributed by atoms with Crippen LogP contribution < -0.4 is 10.1 Å². The van der Waals surface area contributed by atoms with E-state index in [0.717, 1.165) is 29.8 Å². The summed E-state index contributed by atoms with van der Waals surface area (Å²) in [5.74, 6) is 0.916. The van der Waals surface area contributed by atoms with E-state index in [1.807, 2.05) is 37.1 Å². The molecule has 0 unspecified atom stereocenters. The van der Waals surface area contributed by atoms with E-state index in [9.17, 15) is 4.79 Å². The summed E-state index contributed by atoms with van der Waals surface area (Å²) in [4.78, 5) is 14.2. The van der Waals surface area contributed by atoms with Crippen LogP contribution in [0, 0.1) is 6.92 Å². The van der Waals surface area contributed by atoms with Crippen LogP contribution in [0.25, 0.3) is 0 Å². The van der Waals surface area contributed by atoms with Crippen molar-refractivity contribution in [1.82, 2.24) is 4.90 Å². The molecule has 0 aliphatic heterocycles. The first-order chi connectivity index (χ1) is 10.1. The van der Waals surface area contributed by atoms with Crippen molar-refractivity contribution in [3.05, 3.63) is 23.8 Å². The Labute approximate surface area is 127 Å². The van der Waals surface area contributed by atoms with Crippen molar-refractivity contribution in [1.29, 1.82) is 0 Å². The molecule has 0 radical (unpaired) electrons. The molecule has 1 fully saturated rings. The third kappa shape index (κ3) is 4.13. The predicted molar refractivity (Wildman–Crippen MR) is 85.9 cm³/mol. The number of rotatable bonds is 5. The van der Waals surface area contributed by atoms with Gasteiger partial charge in [-0.2, -0.15) is 0 Å². The van der Waals surface area contributed by atoms with Gasteiger partial charge in [-0.1, -0.05) is 25.3 Å². The van der Waals surface area contributed by atoms with Crippen LogP contribution in [0.3, 0.4) is 0 Å². The molecule has 1 amide bonds. The highest BCUT2D eigenvalue weighted by Gasteiger charge is 2.21. The maximum atomic E-state index is 12.3. The lowest BCUT2D eigenvalue weighted by Gasteiger charge is -2.31. The molecular formula is C17H26N2O2. The quantitative estimate of drug-likeness (QED) is 0.905. The molecule has 0 spiro atoms. The monoisotopic (exact) mass is 290 g/mol. The lowest BCUT2D eigenvalue weighted by Crippen LogP contribution is -2.41. The number of hydrogen-bond acceptors (Lipinski definition) is 3. The largest absolute Gasteiger partial charge is 0.495 e. The van der Waals surface area contributed by atoms with Gasteiger partial charge < -0.3 is 15.0 Å². The van der Waals surface area contributed by atoms with Crippen LogP contribution in [0.5, 0.6) is 5.75 Å². The zero-order chi connectivity index (χ0) is 15.2. The smallest absolute Gasteiger partial charge is 0.241 e. The number of methoxy groups -OCH3 is 1. The number of benzene rings is 1. The van der Waals surface area contributed by atoms with Crippen LogP contribution in [0.2, 0.25) is 0 Å². The standard InChI is InChI=1S/C17H26N2O2/c1-13-9-10-16(21-3)15(11-13)18-12-17(20)19(2)14-7-5-4-6-8-14/h9-11,14,18H,4-8,12H2,1-3H3. The molecule has 0 atom stereocenters. The number of carbonyl (C=O) groups is 1. The molecule has 1 aliphatic rings. The van der Waals surface area contributed by atoms with Crippen LogP contribution in [0.4, 0.5) is 5.69 Å². The Morgan fingerprint density at radius 1 is 1.33 bits per heavy atom. The molecule has 4 nitrogen and oxygen atoms in total. The molecule has 2 rings (SSSR count).